The molecule has 2 amide bonds. The van der Waals surface area contributed by atoms with Crippen molar-refractivity contribution in [1.82, 2.24) is 19.7 Å². The zero-order valence-corrected chi connectivity index (χ0v) is 14.7. The van der Waals surface area contributed by atoms with Crippen LogP contribution in [0.2, 0.25) is 0 Å². The van der Waals surface area contributed by atoms with E-state index in [-0.39, 0.29) is 12.6 Å². The number of hydrogen-bond donors (Lipinski definition) is 2. The number of carbonyl (C=O) groups excluding carboxylic acids is 1. The first-order valence-electron chi connectivity index (χ1n) is 7.72. The van der Waals surface area contributed by atoms with Crippen molar-refractivity contribution in [2.45, 2.75) is 6.92 Å². The van der Waals surface area contributed by atoms with Gasteiger partial charge in [-0.25, -0.2) is 9.48 Å². The number of aromatic nitrogens is 3. The Bertz CT molecular complexity index is 758. The molecule has 2 N–H and O–H groups in total. The Kier molecular flexibility index (Phi) is 5.58. The Balaban J connectivity index is 2.08. The Hall–Kier alpha value is -3.10. The number of amides is 2. The van der Waals surface area contributed by atoms with Crippen LogP contribution in [0.3, 0.4) is 0 Å². The van der Waals surface area contributed by atoms with Crippen LogP contribution in [0, 0.1) is 5.92 Å². The minimum atomic E-state index is -0.940. The van der Waals surface area contributed by atoms with Gasteiger partial charge in [0.1, 0.15) is 6.33 Å². The van der Waals surface area contributed by atoms with Gasteiger partial charge in [-0.1, -0.05) is 13.0 Å². The first-order valence-corrected chi connectivity index (χ1v) is 7.72. The summed E-state index contributed by atoms with van der Waals surface area (Å²) in [7, 11) is 5.26. The second-order valence-electron chi connectivity index (χ2n) is 5.98. The Morgan fingerprint density at radius 3 is 2.64 bits per heavy atom. The summed E-state index contributed by atoms with van der Waals surface area (Å²) < 4.78 is 1.61. The Morgan fingerprint density at radius 1 is 1.32 bits per heavy atom. The van der Waals surface area contributed by atoms with Crippen LogP contribution in [-0.4, -0.2) is 64.5 Å². The lowest BCUT2D eigenvalue weighted by molar-refractivity contribution is -0.141. The largest absolute Gasteiger partial charge is 0.481 e. The van der Waals surface area contributed by atoms with Gasteiger partial charge in [-0.15, -0.1) is 5.10 Å². The van der Waals surface area contributed by atoms with Crippen LogP contribution < -0.4 is 10.2 Å². The smallest absolute Gasteiger partial charge is 0.321 e. The summed E-state index contributed by atoms with van der Waals surface area (Å²) in [4.78, 5) is 30.4. The number of hydrogen-bond acceptors (Lipinski definition) is 5. The second kappa shape index (κ2) is 7.65. The number of urea groups is 1. The summed E-state index contributed by atoms with van der Waals surface area (Å²) in [6.07, 6.45) is 1.59. The van der Waals surface area contributed by atoms with Crippen molar-refractivity contribution in [2.75, 3.05) is 37.9 Å². The molecule has 0 fully saturated rings. The van der Waals surface area contributed by atoms with E-state index in [4.69, 9.17) is 5.11 Å². The first-order chi connectivity index (χ1) is 11.8. The molecule has 0 aliphatic carbocycles. The summed E-state index contributed by atoms with van der Waals surface area (Å²) in [5.74, 6) is -0.997. The van der Waals surface area contributed by atoms with Gasteiger partial charge in [0.2, 0.25) is 5.95 Å². The number of carboxylic acids is 1. The van der Waals surface area contributed by atoms with Crippen LogP contribution in [0.25, 0.3) is 5.69 Å². The zero-order chi connectivity index (χ0) is 18.6. The molecule has 0 spiro atoms. The molecule has 0 saturated carbocycles. The normalized spacial score (nSPS) is 11.7. The van der Waals surface area contributed by atoms with E-state index in [0.29, 0.717) is 11.6 Å². The molecule has 1 aromatic heterocycles. The van der Waals surface area contributed by atoms with Crippen LogP contribution in [-0.2, 0) is 4.79 Å². The number of nitrogens with one attached hydrogen (secondary N) is 1. The molecular weight excluding hydrogens is 324 g/mol. The third-order valence-corrected chi connectivity index (χ3v) is 3.56. The van der Waals surface area contributed by atoms with Gasteiger partial charge < -0.3 is 20.2 Å². The molecule has 0 bridgehead atoms. The summed E-state index contributed by atoms with van der Waals surface area (Å²) in [5.41, 5.74) is 1.33. The molecule has 2 rings (SSSR count). The summed E-state index contributed by atoms with van der Waals surface area (Å²) in [6, 6.07) is 6.78. The van der Waals surface area contributed by atoms with Crippen LogP contribution in [0.15, 0.2) is 30.6 Å². The van der Waals surface area contributed by atoms with E-state index < -0.39 is 11.9 Å². The average molecular weight is 346 g/mol. The number of nitrogens with zero attached hydrogens (tertiary/aromatic N) is 5. The molecule has 9 nitrogen and oxygen atoms in total. The fourth-order valence-electron chi connectivity index (χ4n) is 2.10. The fraction of sp³-hybridized carbons (Fsp3) is 0.375. The standard InChI is InChI=1S/C16H22N6O3/c1-11(14(23)24)9-21(4)16(25)18-12-6-5-7-13(8-12)22-10-17-15(19-22)20(2)3/h5-8,10-11H,9H2,1-4H3,(H,18,25)(H,23,24). The highest BCUT2D eigenvalue weighted by Gasteiger charge is 2.17. The molecule has 1 unspecified atom stereocenters. The van der Waals surface area contributed by atoms with Crippen molar-refractivity contribution in [1.29, 1.82) is 0 Å². The van der Waals surface area contributed by atoms with E-state index in [1.54, 1.807) is 48.1 Å². The Labute approximate surface area is 145 Å². The van der Waals surface area contributed by atoms with E-state index >= 15 is 0 Å². The average Bonchev–Trinajstić information content (AvgIpc) is 3.05. The van der Waals surface area contributed by atoms with Gasteiger partial charge in [0.05, 0.1) is 11.6 Å². The number of carboxylic acid groups (broad SMARTS) is 1. The molecule has 1 heterocycles. The second-order valence-corrected chi connectivity index (χ2v) is 5.98. The monoisotopic (exact) mass is 346 g/mol. The first kappa shape index (κ1) is 18.2. The molecule has 134 valence electrons. The molecule has 0 radical (unpaired) electrons. The van der Waals surface area contributed by atoms with Gasteiger partial charge >= 0.3 is 12.0 Å². The van der Waals surface area contributed by atoms with Crippen LogP contribution in [0.5, 0.6) is 0 Å². The fourth-order valence-corrected chi connectivity index (χ4v) is 2.10. The van der Waals surface area contributed by atoms with Gasteiger partial charge in [0.25, 0.3) is 0 Å². The number of aliphatic carboxylic acids is 1. The van der Waals surface area contributed by atoms with E-state index in [1.165, 1.54) is 4.90 Å². The number of carbonyl (C=O) groups is 2. The number of benzene rings is 1. The van der Waals surface area contributed by atoms with E-state index in [1.807, 2.05) is 20.2 Å². The zero-order valence-electron chi connectivity index (χ0n) is 14.7. The molecule has 1 atom stereocenters. The molecule has 0 aliphatic rings. The molecule has 2 aromatic rings. The highest BCUT2D eigenvalue weighted by Crippen LogP contribution is 2.15. The van der Waals surface area contributed by atoms with Gasteiger partial charge in [-0.3, -0.25) is 4.79 Å². The van der Waals surface area contributed by atoms with Crippen molar-refractivity contribution < 1.29 is 14.7 Å². The van der Waals surface area contributed by atoms with Crippen molar-refractivity contribution >= 4 is 23.6 Å². The van der Waals surface area contributed by atoms with Crippen molar-refractivity contribution in [3.05, 3.63) is 30.6 Å². The predicted molar refractivity (Wildman–Crippen MR) is 94.1 cm³/mol. The van der Waals surface area contributed by atoms with Gasteiger partial charge in [0, 0.05) is 33.4 Å². The van der Waals surface area contributed by atoms with Gasteiger partial charge in [0.15, 0.2) is 0 Å². The molecule has 0 saturated heterocycles. The molecular formula is C16H22N6O3. The molecule has 0 aliphatic heterocycles. The van der Waals surface area contributed by atoms with Gasteiger partial charge in [-0.05, 0) is 18.2 Å². The van der Waals surface area contributed by atoms with E-state index in [2.05, 4.69) is 15.4 Å². The lowest BCUT2D eigenvalue weighted by atomic mass is 10.2. The summed E-state index contributed by atoms with van der Waals surface area (Å²) in [6.45, 7) is 1.68. The van der Waals surface area contributed by atoms with Crippen molar-refractivity contribution in [3.8, 4) is 5.69 Å². The minimum absolute atomic E-state index is 0.121. The van der Waals surface area contributed by atoms with Crippen molar-refractivity contribution in [3.63, 3.8) is 0 Å². The quantitative estimate of drug-likeness (QED) is 0.822. The van der Waals surface area contributed by atoms with E-state index in [0.717, 1.165) is 5.69 Å². The Morgan fingerprint density at radius 2 is 2.04 bits per heavy atom. The predicted octanol–water partition coefficient (Wildman–Crippen LogP) is 1.52. The minimum Gasteiger partial charge on any atom is -0.481 e. The highest BCUT2D eigenvalue weighted by atomic mass is 16.4. The van der Waals surface area contributed by atoms with Crippen LogP contribution in [0.4, 0.5) is 16.4 Å². The summed E-state index contributed by atoms with van der Waals surface area (Å²) in [5, 5.41) is 16.0. The summed E-state index contributed by atoms with van der Waals surface area (Å²) >= 11 is 0. The number of rotatable bonds is 6. The van der Waals surface area contributed by atoms with Crippen molar-refractivity contribution in [2.24, 2.45) is 5.92 Å². The lowest BCUT2D eigenvalue weighted by Gasteiger charge is -2.20. The topological polar surface area (TPSA) is 104 Å². The third kappa shape index (κ3) is 4.69. The highest BCUT2D eigenvalue weighted by molar-refractivity contribution is 5.89. The maximum Gasteiger partial charge on any atom is 0.321 e. The van der Waals surface area contributed by atoms with E-state index in [9.17, 15) is 9.59 Å². The molecule has 9 heteroatoms. The van der Waals surface area contributed by atoms with Crippen LogP contribution >= 0.6 is 0 Å². The SMILES string of the molecule is CC(CN(C)C(=O)Nc1cccc(-n2cnc(N(C)C)n2)c1)C(=O)O. The van der Waals surface area contributed by atoms with Crippen LogP contribution in [0.1, 0.15) is 6.92 Å². The maximum absolute atomic E-state index is 12.2. The third-order valence-electron chi connectivity index (χ3n) is 3.56. The molecule has 1 aromatic carbocycles. The maximum atomic E-state index is 12.2. The number of anilines is 2. The van der Waals surface area contributed by atoms with Gasteiger partial charge in [-0.2, -0.15) is 4.98 Å². The molecule has 25 heavy (non-hydrogen) atoms. The lowest BCUT2D eigenvalue weighted by Crippen LogP contribution is -2.36.